The van der Waals surface area contributed by atoms with Crippen LogP contribution in [0.1, 0.15) is 6.92 Å². The molecule has 0 aromatic heterocycles. The van der Waals surface area contributed by atoms with E-state index in [2.05, 4.69) is 18.2 Å². The molecule has 0 aromatic carbocycles. The minimum atomic E-state index is -0.424. The van der Waals surface area contributed by atoms with Crippen molar-refractivity contribution in [3.8, 4) is 0 Å². The Hall–Kier alpha value is 0.846. The SMILES string of the molecule is C=CC(=O)OC([CH2-])C.[K+]. The van der Waals surface area contributed by atoms with E-state index in [1.165, 1.54) is 0 Å². The molecule has 0 amide bonds. The van der Waals surface area contributed by atoms with Gasteiger partial charge in [-0.3, -0.25) is 0 Å². The molecule has 46 valence electrons. The average molecular weight is 152 g/mol. The first-order valence-corrected chi connectivity index (χ1v) is 2.33. The van der Waals surface area contributed by atoms with Crippen LogP contribution in [0, 0.1) is 6.92 Å². The number of carbonyl (C=O) groups excluding carboxylic acids is 1. The van der Waals surface area contributed by atoms with Crippen LogP contribution < -0.4 is 51.4 Å². The van der Waals surface area contributed by atoms with Crippen LogP contribution in [0.5, 0.6) is 0 Å². The Bertz CT molecular complexity index is 99.2. The van der Waals surface area contributed by atoms with Gasteiger partial charge in [-0.2, -0.15) is 0 Å². The fourth-order valence-corrected chi connectivity index (χ4v) is 0.246. The van der Waals surface area contributed by atoms with Crippen LogP contribution in [0.25, 0.3) is 0 Å². The summed E-state index contributed by atoms with van der Waals surface area (Å²) in [4.78, 5) is 10.2. The van der Waals surface area contributed by atoms with Crippen molar-refractivity contribution in [1.29, 1.82) is 0 Å². The van der Waals surface area contributed by atoms with Gasteiger partial charge in [-0.05, 0) is 6.10 Å². The number of ether oxygens (including phenoxy) is 1. The van der Waals surface area contributed by atoms with Crippen LogP contribution in [0.3, 0.4) is 0 Å². The Labute approximate surface area is 98.1 Å². The average Bonchev–Trinajstić information content (AvgIpc) is 1.65. The van der Waals surface area contributed by atoms with Gasteiger partial charge >= 0.3 is 57.4 Å². The first kappa shape index (κ1) is 12.5. The van der Waals surface area contributed by atoms with E-state index in [1.807, 2.05) is 0 Å². The zero-order chi connectivity index (χ0) is 6.57. The van der Waals surface area contributed by atoms with E-state index in [9.17, 15) is 4.79 Å². The molecule has 0 spiro atoms. The van der Waals surface area contributed by atoms with E-state index in [0.717, 1.165) is 6.08 Å². The Kier molecular flexibility index (Phi) is 9.68. The third-order valence-corrected chi connectivity index (χ3v) is 0.484. The van der Waals surface area contributed by atoms with Crippen LogP contribution in [-0.2, 0) is 9.53 Å². The second kappa shape index (κ2) is 6.96. The second-order valence-corrected chi connectivity index (χ2v) is 1.45. The van der Waals surface area contributed by atoms with Crippen molar-refractivity contribution in [2.45, 2.75) is 13.0 Å². The van der Waals surface area contributed by atoms with Crippen molar-refractivity contribution in [1.82, 2.24) is 0 Å². The summed E-state index contributed by atoms with van der Waals surface area (Å²) < 4.78 is 4.53. The van der Waals surface area contributed by atoms with Crippen molar-refractivity contribution < 1.29 is 60.9 Å². The Morgan fingerprint density at radius 1 is 1.89 bits per heavy atom. The minimum Gasteiger partial charge on any atom is -0.493 e. The quantitative estimate of drug-likeness (QED) is 0.197. The van der Waals surface area contributed by atoms with Crippen LogP contribution >= 0.6 is 0 Å². The molecule has 1 atom stereocenters. The first-order chi connectivity index (χ1) is 3.66. The van der Waals surface area contributed by atoms with Crippen molar-refractivity contribution in [3.05, 3.63) is 19.6 Å². The molecular formula is C6H9KO2. The molecule has 0 N–H and O–H groups in total. The molecule has 0 aliphatic rings. The zero-order valence-corrected chi connectivity index (χ0v) is 9.01. The molecule has 0 radical (unpaired) electrons. The molecule has 0 heterocycles. The fourth-order valence-electron chi connectivity index (χ4n) is 0.246. The van der Waals surface area contributed by atoms with Gasteiger partial charge < -0.3 is 11.7 Å². The summed E-state index contributed by atoms with van der Waals surface area (Å²) in [6, 6.07) is 0. The van der Waals surface area contributed by atoms with Gasteiger partial charge in [0.15, 0.2) is 0 Å². The third kappa shape index (κ3) is 8.85. The topological polar surface area (TPSA) is 26.3 Å². The number of esters is 1. The van der Waals surface area contributed by atoms with Crippen molar-refractivity contribution in [2.75, 3.05) is 0 Å². The fraction of sp³-hybridized carbons (Fsp3) is 0.333. The van der Waals surface area contributed by atoms with Gasteiger partial charge in [-0.1, -0.05) is 13.5 Å². The molecule has 0 fully saturated rings. The van der Waals surface area contributed by atoms with Crippen molar-refractivity contribution in [2.24, 2.45) is 0 Å². The molecule has 9 heavy (non-hydrogen) atoms. The molecule has 1 unspecified atom stereocenters. The van der Waals surface area contributed by atoms with E-state index in [1.54, 1.807) is 6.92 Å². The third-order valence-electron chi connectivity index (χ3n) is 0.484. The zero-order valence-electron chi connectivity index (χ0n) is 5.89. The first-order valence-electron chi connectivity index (χ1n) is 2.33. The Balaban J connectivity index is 0. The normalized spacial score (nSPS) is 10.9. The van der Waals surface area contributed by atoms with Gasteiger partial charge in [0.2, 0.25) is 0 Å². The summed E-state index contributed by atoms with van der Waals surface area (Å²) in [5.74, 6) is -0.424. The van der Waals surface area contributed by atoms with Crippen molar-refractivity contribution in [3.63, 3.8) is 0 Å². The van der Waals surface area contributed by atoms with Crippen molar-refractivity contribution >= 4 is 5.97 Å². The number of hydrogen-bond acceptors (Lipinski definition) is 2. The molecule has 0 saturated heterocycles. The van der Waals surface area contributed by atoms with Gasteiger partial charge in [-0.25, -0.2) is 4.79 Å². The number of hydrogen-bond donors (Lipinski definition) is 0. The molecule has 3 heteroatoms. The van der Waals surface area contributed by atoms with Crippen LogP contribution in [0.2, 0.25) is 0 Å². The van der Waals surface area contributed by atoms with Gasteiger partial charge in [0.25, 0.3) is 0 Å². The number of carbonyl (C=O) groups is 1. The maximum atomic E-state index is 10.2. The summed E-state index contributed by atoms with van der Waals surface area (Å²) in [6.07, 6.45) is 0.822. The maximum Gasteiger partial charge on any atom is 1.00 e. The molecule has 0 aliphatic carbocycles. The summed E-state index contributed by atoms with van der Waals surface area (Å²) >= 11 is 0. The summed E-state index contributed by atoms with van der Waals surface area (Å²) in [6.45, 7) is 8.33. The Morgan fingerprint density at radius 2 is 2.33 bits per heavy atom. The minimum absolute atomic E-state index is 0. The van der Waals surface area contributed by atoms with Crippen LogP contribution in [0.15, 0.2) is 12.7 Å². The summed E-state index contributed by atoms with van der Waals surface area (Å²) in [5.41, 5.74) is 0. The summed E-state index contributed by atoms with van der Waals surface area (Å²) in [5, 5.41) is 0. The van der Waals surface area contributed by atoms with Crippen LogP contribution in [-0.4, -0.2) is 12.1 Å². The smallest absolute Gasteiger partial charge is 0.493 e. The van der Waals surface area contributed by atoms with E-state index in [4.69, 9.17) is 0 Å². The Morgan fingerprint density at radius 3 is 2.44 bits per heavy atom. The molecule has 0 bridgehead atoms. The summed E-state index contributed by atoms with van der Waals surface area (Å²) in [7, 11) is 0. The molecule has 0 saturated carbocycles. The van der Waals surface area contributed by atoms with Gasteiger partial charge in [0.1, 0.15) is 0 Å². The monoisotopic (exact) mass is 152 g/mol. The van der Waals surface area contributed by atoms with E-state index in [-0.39, 0.29) is 57.5 Å². The van der Waals surface area contributed by atoms with E-state index >= 15 is 0 Å². The van der Waals surface area contributed by atoms with E-state index < -0.39 is 5.97 Å². The predicted molar refractivity (Wildman–Crippen MR) is 31.1 cm³/mol. The molecule has 0 aliphatic heterocycles. The van der Waals surface area contributed by atoms with Gasteiger partial charge in [-0.15, -0.1) is 0 Å². The molecule has 0 rings (SSSR count). The molecule has 0 aromatic rings. The molecule has 2 nitrogen and oxygen atoms in total. The van der Waals surface area contributed by atoms with Gasteiger partial charge in [0, 0.05) is 6.08 Å². The molecular weight excluding hydrogens is 143 g/mol. The predicted octanol–water partition coefficient (Wildman–Crippen LogP) is -2.06. The van der Waals surface area contributed by atoms with Gasteiger partial charge in [0.05, 0.1) is 0 Å². The standard InChI is InChI=1S/C6H9O2.K/c1-4-6(7)8-5(2)3;/h4-5H,1-2H2,3H3;/q-1;+1. The van der Waals surface area contributed by atoms with Crippen LogP contribution in [0.4, 0.5) is 0 Å². The van der Waals surface area contributed by atoms with E-state index in [0.29, 0.717) is 0 Å². The largest absolute Gasteiger partial charge is 1.00 e. The number of rotatable bonds is 2. The second-order valence-electron chi connectivity index (χ2n) is 1.45. The maximum absolute atomic E-state index is 10.2.